The van der Waals surface area contributed by atoms with Crippen LogP contribution in [0.15, 0.2) is 27.1 Å². The van der Waals surface area contributed by atoms with E-state index in [-0.39, 0.29) is 0 Å². The van der Waals surface area contributed by atoms with Crippen molar-refractivity contribution in [1.82, 2.24) is 5.32 Å². The topological polar surface area (TPSA) is 15.3 Å². The van der Waals surface area contributed by atoms with E-state index in [0.29, 0.717) is 11.6 Å². The first-order valence-corrected chi connectivity index (χ1v) is 8.66. The molecule has 2 nitrogen and oxygen atoms in total. The normalized spacial score (nSPS) is 26.1. The summed E-state index contributed by atoms with van der Waals surface area (Å²) in [5, 5.41) is 3.81. The van der Waals surface area contributed by atoms with Crippen LogP contribution in [0, 0.1) is 0 Å². The van der Waals surface area contributed by atoms with Gasteiger partial charge in [0.1, 0.15) is 0 Å². The van der Waals surface area contributed by atoms with Gasteiger partial charge in [-0.1, -0.05) is 18.9 Å². The number of para-hydroxylation sites is 1. The molecule has 1 aromatic carbocycles. The molecule has 1 heterocycles. The van der Waals surface area contributed by atoms with Crippen LogP contribution in [0.5, 0.6) is 0 Å². The molecule has 3 rings (SSSR count). The Balaban J connectivity index is 1.93. The van der Waals surface area contributed by atoms with E-state index < -0.39 is 0 Å². The molecule has 1 aliphatic heterocycles. The number of benzene rings is 1. The van der Waals surface area contributed by atoms with Crippen LogP contribution in [0.4, 0.5) is 5.69 Å². The number of piperazine rings is 1. The largest absolute Gasteiger partial charge is 0.364 e. The molecule has 0 aromatic heterocycles. The van der Waals surface area contributed by atoms with Crippen LogP contribution >= 0.6 is 31.9 Å². The minimum atomic E-state index is 0.348. The Labute approximate surface area is 132 Å². The van der Waals surface area contributed by atoms with Gasteiger partial charge < -0.3 is 10.2 Å². The zero-order valence-corrected chi connectivity index (χ0v) is 14.4. The van der Waals surface area contributed by atoms with E-state index in [1.165, 1.54) is 40.3 Å². The molecule has 1 spiro atoms. The van der Waals surface area contributed by atoms with Crippen LogP contribution in [0.3, 0.4) is 0 Å². The van der Waals surface area contributed by atoms with Gasteiger partial charge in [-0.3, -0.25) is 0 Å². The smallest absolute Gasteiger partial charge is 0.0658 e. The number of nitrogens with zero attached hydrogens (tertiary/aromatic N) is 1. The third-order valence-electron chi connectivity index (χ3n) is 4.56. The van der Waals surface area contributed by atoms with Crippen LogP contribution < -0.4 is 10.2 Å². The zero-order valence-electron chi connectivity index (χ0n) is 11.3. The highest BCUT2D eigenvalue weighted by molar-refractivity contribution is 9.11. The fraction of sp³-hybridized carbons (Fsp3) is 0.600. The second-order valence-electron chi connectivity index (χ2n) is 5.92. The molecule has 0 bridgehead atoms. The summed E-state index contributed by atoms with van der Waals surface area (Å²) < 4.78 is 2.37. The van der Waals surface area contributed by atoms with Gasteiger partial charge >= 0.3 is 0 Å². The van der Waals surface area contributed by atoms with Gasteiger partial charge in [0, 0.05) is 33.6 Å². The molecule has 2 fully saturated rings. The van der Waals surface area contributed by atoms with Crippen LogP contribution in [-0.2, 0) is 0 Å². The Morgan fingerprint density at radius 1 is 1.21 bits per heavy atom. The molecular formula is C15H20Br2N2. The molecule has 19 heavy (non-hydrogen) atoms. The molecule has 1 unspecified atom stereocenters. The lowest BCUT2D eigenvalue weighted by Gasteiger charge is -2.47. The highest BCUT2D eigenvalue weighted by atomic mass is 79.9. The van der Waals surface area contributed by atoms with E-state index in [9.17, 15) is 0 Å². The van der Waals surface area contributed by atoms with Gasteiger partial charge in [0.2, 0.25) is 0 Å². The van der Waals surface area contributed by atoms with Gasteiger partial charge in [0.25, 0.3) is 0 Å². The highest BCUT2D eigenvalue weighted by Crippen LogP contribution is 2.40. The molecule has 2 aliphatic rings. The molecule has 1 aromatic rings. The summed E-state index contributed by atoms with van der Waals surface area (Å²) in [6, 6.07) is 6.88. The van der Waals surface area contributed by atoms with Crippen LogP contribution in [-0.4, -0.2) is 24.7 Å². The summed E-state index contributed by atoms with van der Waals surface area (Å²) in [6.45, 7) is 4.50. The summed E-state index contributed by atoms with van der Waals surface area (Å²) in [5.74, 6) is 0. The Hall–Kier alpha value is -0.0600. The van der Waals surface area contributed by atoms with Crippen LogP contribution in [0.2, 0.25) is 0 Å². The second kappa shape index (κ2) is 5.38. The number of hydrogen-bond acceptors (Lipinski definition) is 2. The van der Waals surface area contributed by atoms with Crippen molar-refractivity contribution in [2.45, 2.75) is 44.2 Å². The van der Waals surface area contributed by atoms with Crippen molar-refractivity contribution in [2.75, 3.05) is 18.0 Å². The molecule has 104 valence electrons. The lowest BCUT2D eigenvalue weighted by Crippen LogP contribution is -2.62. The number of nitrogens with one attached hydrogen (secondary N) is 1. The summed E-state index contributed by atoms with van der Waals surface area (Å²) in [6.07, 6.45) is 5.37. The summed E-state index contributed by atoms with van der Waals surface area (Å²) in [4.78, 5) is 2.57. The van der Waals surface area contributed by atoms with Gasteiger partial charge in [0.15, 0.2) is 0 Å². The number of rotatable bonds is 1. The Kier molecular flexibility index (Phi) is 3.93. The molecule has 0 amide bonds. The monoisotopic (exact) mass is 386 g/mol. The first kappa shape index (κ1) is 13.9. The van der Waals surface area contributed by atoms with E-state index in [1.54, 1.807) is 0 Å². The SMILES string of the molecule is CC1CNC2(CCCC2)CN1c1c(Br)cccc1Br. The van der Waals surface area contributed by atoms with Crippen molar-refractivity contribution in [3.05, 3.63) is 27.1 Å². The first-order chi connectivity index (χ1) is 9.11. The van der Waals surface area contributed by atoms with Crippen molar-refractivity contribution in [3.63, 3.8) is 0 Å². The van der Waals surface area contributed by atoms with E-state index in [4.69, 9.17) is 0 Å². The second-order valence-corrected chi connectivity index (χ2v) is 7.62. The summed E-state index contributed by atoms with van der Waals surface area (Å²) in [5.41, 5.74) is 1.66. The molecule has 4 heteroatoms. The van der Waals surface area contributed by atoms with Gasteiger partial charge in [-0.05, 0) is 63.8 Å². The van der Waals surface area contributed by atoms with E-state index in [1.807, 2.05) is 0 Å². The van der Waals surface area contributed by atoms with Crippen LogP contribution in [0.25, 0.3) is 0 Å². The Bertz CT molecular complexity index is 449. The fourth-order valence-electron chi connectivity index (χ4n) is 3.46. The lowest BCUT2D eigenvalue weighted by molar-refractivity contribution is 0.276. The third kappa shape index (κ3) is 2.59. The molecule has 1 atom stereocenters. The fourth-order valence-corrected chi connectivity index (χ4v) is 4.92. The molecular weight excluding hydrogens is 368 g/mol. The highest BCUT2D eigenvalue weighted by Gasteiger charge is 2.40. The average molecular weight is 388 g/mol. The lowest BCUT2D eigenvalue weighted by atomic mass is 9.92. The Morgan fingerprint density at radius 2 is 1.84 bits per heavy atom. The molecule has 1 N–H and O–H groups in total. The third-order valence-corrected chi connectivity index (χ3v) is 5.84. The van der Waals surface area contributed by atoms with Crippen molar-refractivity contribution in [2.24, 2.45) is 0 Å². The summed E-state index contributed by atoms with van der Waals surface area (Å²) >= 11 is 7.43. The van der Waals surface area contributed by atoms with Crippen molar-refractivity contribution in [1.29, 1.82) is 0 Å². The van der Waals surface area contributed by atoms with Gasteiger partial charge in [-0.25, -0.2) is 0 Å². The predicted octanol–water partition coefficient (Wildman–Crippen LogP) is 4.32. The molecule has 0 radical (unpaired) electrons. The van der Waals surface area contributed by atoms with E-state index in [2.05, 4.69) is 67.2 Å². The maximum absolute atomic E-state index is 3.81. The molecule has 1 saturated heterocycles. The van der Waals surface area contributed by atoms with E-state index in [0.717, 1.165) is 13.1 Å². The Morgan fingerprint density at radius 3 is 2.47 bits per heavy atom. The summed E-state index contributed by atoms with van der Waals surface area (Å²) in [7, 11) is 0. The molecule has 1 aliphatic carbocycles. The maximum atomic E-state index is 3.81. The quantitative estimate of drug-likeness (QED) is 0.771. The number of halogens is 2. The van der Waals surface area contributed by atoms with Gasteiger partial charge in [-0.2, -0.15) is 0 Å². The standard InChI is InChI=1S/C15H20Br2N2/c1-11-9-18-15(7-2-3-8-15)10-19(11)14-12(16)5-4-6-13(14)17/h4-6,11,18H,2-3,7-10H2,1H3. The number of anilines is 1. The average Bonchev–Trinajstić information content (AvgIpc) is 2.82. The minimum Gasteiger partial charge on any atom is -0.364 e. The predicted molar refractivity (Wildman–Crippen MR) is 87.9 cm³/mol. The van der Waals surface area contributed by atoms with Crippen molar-refractivity contribution >= 4 is 37.5 Å². The molecule has 1 saturated carbocycles. The maximum Gasteiger partial charge on any atom is 0.0658 e. The first-order valence-electron chi connectivity index (χ1n) is 7.07. The number of hydrogen-bond donors (Lipinski definition) is 1. The van der Waals surface area contributed by atoms with Crippen molar-refractivity contribution < 1.29 is 0 Å². The zero-order chi connectivity index (χ0) is 13.5. The van der Waals surface area contributed by atoms with Crippen LogP contribution in [0.1, 0.15) is 32.6 Å². The van der Waals surface area contributed by atoms with Crippen molar-refractivity contribution in [3.8, 4) is 0 Å². The van der Waals surface area contributed by atoms with Gasteiger partial charge in [-0.15, -0.1) is 0 Å². The van der Waals surface area contributed by atoms with E-state index >= 15 is 0 Å². The minimum absolute atomic E-state index is 0.348. The van der Waals surface area contributed by atoms with Gasteiger partial charge in [0.05, 0.1) is 5.69 Å².